The van der Waals surface area contributed by atoms with E-state index < -0.39 is 5.97 Å². The second-order valence-electron chi connectivity index (χ2n) is 4.64. The molecule has 1 aliphatic heterocycles. The number of ether oxygens (including phenoxy) is 1. The number of anilines is 1. The maximum absolute atomic E-state index is 10.4. The summed E-state index contributed by atoms with van der Waals surface area (Å²) in [6.45, 7) is 2.18. The van der Waals surface area contributed by atoms with Crippen LogP contribution in [0.25, 0.3) is 0 Å². The van der Waals surface area contributed by atoms with E-state index in [0.717, 1.165) is 37.6 Å². The predicted octanol–water partition coefficient (Wildman–Crippen LogP) is 1.65. The van der Waals surface area contributed by atoms with Gasteiger partial charge in [-0.2, -0.15) is 0 Å². The number of aromatic nitrogens is 2. The Hall–Kier alpha value is -1.69. The molecule has 2 heterocycles. The van der Waals surface area contributed by atoms with E-state index in [9.17, 15) is 4.79 Å². The van der Waals surface area contributed by atoms with E-state index >= 15 is 0 Å². The average Bonchev–Trinajstić information content (AvgIpc) is 2.45. The lowest BCUT2D eigenvalue weighted by Crippen LogP contribution is -2.15. The summed E-state index contributed by atoms with van der Waals surface area (Å²) in [4.78, 5) is 18.9. The van der Waals surface area contributed by atoms with Crippen LogP contribution in [0.5, 0.6) is 0 Å². The molecule has 2 N–H and O–H groups in total. The summed E-state index contributed by atoms with van der Waals surface area (Å²) < 4.78 is 5.34. The number of nitrogens with one attached hydrogen (secondary N) is 1. The highest BCUT2D eigenvalue weighted by molar-refractivity contribution is 5.66. The quantitative estimate of drug-likeness (QED) is 0.761. The Bertz CT molecular complexity index is 419. The molecule has 0 atom stereocenters. The molecule has 1 fully saturated rings. The number of aliphatic carboxylic acids is 1. The van der Waals surface area contributed by atoms with E-state index in [1.807, 2.05) is 6.07 Å². The van der Waals surface area contributed by atoms with Gasteiger partial charge in [0.1, 0.15) is 12.1 Å². The van der Waals surface area contributed by atoms with Crippen LogP contribution in [0.15, 0.2) is 12.4 Å². The largest absolute Gasteiger partial charge is 0.481 e. The first-order valence-corrected chi connectivity index (χ1v) is 6.61. The van der Waals surface area contributed by atoms with Crippen molar-refractivity contribution in [1.29, 1.82) is 0 Å². The summed E-state index contributed by atoms with van der Waals surface area (Å²) in [6, 6.07) is 1.96. The van der Waals surface area contributed by atoms with E-state index in [2.05, 4.69) is 15.3 Å². The third-order valence-electron chi connectivity index (χ3n) is 3.20. The van der Waals surface area contributed by atoms with Crippen LogP contribution in [-0.2, 0) is 9.53 Å². The monoisotopic (exact) mass is 265 g/mol. The molecule has 1 aromatic heterocycles. The molecule has 0 spiro atoms. The normalized spacial score (nSPS) is 16.2. The standard InChI is InChI=1S/C13H19N3O3/c17-13(18)2-1-5-14-12-8-11(15-9-16-12)10-3-6-19-7-4-10/h8-10H,1-7H2,(H,17,18)(H,14,15,16). The molecule has 0 amide bonds. The van der Waals surface area contributed by atoms with Crippen molar-refractivity contribution in [2.45, 2.75) is 31.6 Å². The van der Waals surface area contributed by atoms with E-state index in [1.54, 1.807) is 6.33 Å². The SMILES string of the molecule is O=C(O)CCCNc1cc(C2CCOCC2)ncn1. The molecule has 1 aromatic rings. The summed E-state index contributed by atoms with van der Waals surface area (Å²) in [5.74, 6) is 0.436. The fourth-order valence-corrected chi connectivity index (χ4v) is 2.14. The average molecular weight is 265 g/mol. The minimum atomic E-state index is -0.771. The van der Waals surface area contributed by atoms with Crippen molar-refractivity contribution in [3.05, 3.63) is 18.1 Å². The van der Waals surface area contributed by atoms with Crippen molar-refractivity contribution in [2.24, 2.45) is 0 Å². The summed E-state index contributed by atoms with van der Waals surface area (Å²) >= 11 is 0. The van der Waals surface area contributed by atoms with Crippen LogP contribution < -0.4 is 5.32 Å². The number of nitrogens with zero attached hydrogens (tertiary/aromatic N) is 2. The van der Waals surface area contributed by atoms with Gasteiger partial charge < -0.3 is 15.2 Å². The Balaban J connectivity index is 1.85. The molecule has 6 nitrogen and oxygen atoms in total. The molecule has 0 aliphatic carbocycles. The molecule has 6 heteroatoms. The third kappa shape index (κ3) is 4.48. The van der Waals surface area contributed by atoms with Crippen molar-refractivity contribution >= 4 is 11.8 Å². The van der Waals surface area contributed by atoms with E-state index in [4.69, 9.17) is 9.84 Å². The molecule has 1 saturated heterocycles. The second kappa shape index (κ2) is 7.04. The highest BCUT2D eigenvalue weighted by Gasteiger charge is 2.17. The zero-order chi connectivity index (χ0) is 13.5. The Morgan fingerprint density at radius 1 is 1.42 bits per heavy atom. The molecule has 104 valence electrons. The van der Waals surface area contributed by atoms with Crippen molar-refractivity contribution in [2.75, 3.05) is 25.1 Å². The Morgan fingerprint density at radius 3 is 2.95 bits per heavy atom. The molecule has 2 rings (SSSR count). The molecular formula is C13H19N3O3. The number of rotatable bonds is 6. The Labute approximate surface area is 112 Å². The molecule has 0 bridgehead atoms. The van der Waals surface area contributed by atoms with Crippen molar-refractivity contribution in [3.8, 4) is 0 Å². The molecular weight excluding hydrogens is 246 g/mol. The summed E-state index contributed by atoms with van der Waals surface area (Å²) in [5.41, 5.74) is 1.04. The van der Waals surface area contributed by atoms with Gasteiger partial charge in [-0.25, -0.2) is 9.97 Å². The summed E-state index contributed by atoms with van der Waals surface area (Å²) in [7, 11) is 0. The van der Waals surface area contributed by atoms with Crippen LogP contribution in [0.2, 0.25) is 0 Å². The highest BCUT2D eigenvalue weighted by atomic mass is 16.5. The van der Waals surface area contributed by atoms with Crippen LogP contribution in [0.1, 0.15) is 37.3 Å². The van der Waals surface area contributed by atoms with E-state index in [0.29, 0.717) is 18.9 Å². The van der Waals surface area contributed by atoms with Gasteiger partial charge in [-0.1, -0.05) is 0 Å². The third-order valence-corrected chi connectivity index (χ3v) is 3.20. The first-order valence-electron chi connectivity index (χ1n) is 6.61. The number of carboxylic acids is 1. The van der Waals surface area contributed by atoms with Gasteiger partial charge in [-0.05, 0) is 19.3 Å². The fraction of sp³-hybridized carbons (Fsp3) is 0.615. The first-order chi connectivity index (χ1) is 9.25. The van der Waals surface area contributed by atoms with Gasteiger partial charge in [-0.15, -0.1) is 0 Å². The number of hydrogen-bond acceptors (Lipinski definition) is 5. The van der Waals surface area contributed by atoms with Crippen LogP contribution in [0, 0.1) is 0 Å². The number of hydrogen-bond donors (Lipinski definition) is 2. The van der Waals surface area contributed by atoms with Gasteiger partial charge >= 0.3 is 5.97 Å². The lowest BCUT2D eigenvalue weighted by Gasteiger charge is -2.21. The van der Waals surface area contributed by atoms with Gasteiger partial charge in [0.25, 0.3) is 0 Å². The lowest BCUT2D eigenvalue weighted by atomic mass is 9.96. The zero-order valence-electron chi connectivity index (χ0n) is 10.8. The summed E-state index contributed by atoms with van der Waals surface area (Å²) in [6.07, 6.45) is 4.31. The first kappa shape index (κ1) is 13.7. The van der Waals surface area contributed by atoms with Crippen LogP contribution in [-0.4, -0.2) is 40.8 Å². The minimum Gasteiger partial charge on any atom is -0.481 e. The molecule has 0 radical (unpaired) electrons. The van der Waals surface area contributed by atoms with Crippen molar-refractivity contribution in [3.63, 3.8) is 0 Å². The van der Waals surface area contributed by atoms with Crippen LogP contribution >= 0.6 is 0 Å². The van der Waals surface area contributed by atoms with Crippen LogP contribution in [0.3, 0.4) is 0 Å². The van der Waals surface area contributed by atoms with Gasteiger partial charge in [0.2, 0.25) is 0 Å². The van der Waals surface area contributed by atoms with E-state index in [1.165, 1.54) is 0 Å². The predicted molar refractivity (Wildman–Crippen MR) is 70.2 cm³/mol. The van der Waals surface area contributed by atoms with Gasteiger partial charge in [0.15, 0.2) is 0 Å². The Kier molecular flexibility index (Phi) is 5.09. The van der Waals surface area contributed by atoms with Crippen LogP contribution in [0.4, 0.5) is 5.82 Å². The number of carbonyl (C=O) groups is 1. The van der Waals surface area contributed by atoms with Crippen molar-refractivity contribution < 1.29 is 14.6 Å². The molecule has 1 aliphatic rings. The lowest BCUT2D eigenvalue weighted by molar-refractivity contribution is -0.137. The second-order valence-corrected chi connectivity index (χ2v) is 4.64. The van der Waals surface area contributed by atoms with Gasteiger partial charge in [-0.3, -0.25) is 4.79 Å². The summed E-state index contributed by atoms with van der Waals surface area (Å²) in [5, 5.41) is 11.7. The maximum atomic E-state index is 10.4. The number of carboxylic acid groups (broad SMARTS) is 1. The zero-order valence-corrected chi connectivity index (χ0v) is 10.8. The van der Waals surface area contributed by atoms with E-state index in [-0.39, 0.29) is 6.42 Å². The highest BCUT2D eigenvalue weighted by Crippen LogP contribution is 2.25. The minimum absolute atomic E-state index is 0.172. The topological polar surface area (TPSA) is 84.3 Å². The fourth-order valence-electron chi connectivity index (χ4n) is 2.14. The molecule has 0 unspecified atom stereocenters. The Morgan fingerprint density at radius 2 is 2.21 bits per heavy atom. The van der Waals surface area contributed by atoms with Crippen molar-refractivity contribution in [1.82, 2.24) is 9.97 Å². The smallest absolute Gasteiger partial charge is 0.303 e. The maximum Gasteiger partial charge on any atom is 0.303 e. The van der Waals surface area contributed by atoms with Gasteiger partial charge in [0, 0.05) is 43.9 Å². The molecule has 0 aromatic carbocycles. The molecule has 19 heavy (non-hydrogen) atoms. The molecule has 0 saturated carbocycles. The van der Waals surface area contributed by atoms with Gasteiger partial charge in [0.05, 0.1) is 0 Å².